The summed E-state index contributed by atoms with van der Waals surface area (Å²) in [6.45, 7) is 5.62. The number of rotatable bonds is 7. The molecular weight excluding hydrogens is 608 g/mol. The van der Waals surface area contributed by atoms with Crippen LogP contribution in [0.25, 0.3) is 0 Å². The molecule has 190 valence electrons. The van der Waals surface area contributed by atoms with E-state index in [1.165, 1.54) is 17.2 Å². The van der Waals surface area contributed by atoms with Crippen LogP contribution in [0.3, 0.4) is 0 Å². The third kappa shape index (κ3) is 6.12. The zero-order valence-electron chi connectivity index (χ0n) is 20.1. The van der Waals surface area contributed by atoms with Gasteiger partial charge in [0, 0.05) is 33.3 Å². The van der Waals surface area contributed by atoms with Gasteiger partial charge in [-0.25, -0.2) is 8.42 Å². The molecule has 0 atom stereocenters. The van der Waals surface area contributed by atoms with Crippen LogP contribution in [0.15, 0.2) is 74.5 Å². The monoisotopic (exact) mass is 634 g/mol. The summed E-state index contributed by atoms with van der Waals surface area (Å²) in [5, 5.41) is 0. The summed E-state index contributed by atoms with van der Waals surface area (Å²) in [6.07, 6.45) is 1.83. The highest BCUT2D eigenvalue weighted by atomic mass is 79.9. The second kappa shape index (κ2) is 11.4. The fourth-order valence-corrected chi connectivity index (χ4v) is 6.37. The molecule has 0 unspecified atom stereocenters. The van der Waals surface area contributed by atoms with Crippen molar-refractivity contribution in [2.75, 3.05) is 24.4 Å². The van der Waals surface area contributed by atoms with Crippen molar-refractivity contribution in [1.82, 2.24) is 4.90 Å². The molecule has 1 saturated heterocycles. The maximum Gasteiger partial charge on any atom is 0.265 e. The first-order valence-electron chi connectivity index (χ1n) is 11.8. The summed E-state index contributed by atoms with van der Waals surface area (Å²) in [7, 11) is -3.88. The van der Waals surface area contributed by atoms with E-state index in [1.54, 1.807) is 43.3 Å². The van der Waals surface area contributed by atoms with Gasteiger partial charge in [-0.1, -0.05) is 44.0 Å². The van der Waals surface area contributed by atoms with Crippen LogP contribution in [-0.2, 0) is 10.0 Å². The van der Waals surface area contributed by atoms with E-state index in [0.717, 1.165) is 17.3 Å². The molecule has 0 bridgehead atoms. The predicted octanol–water partition coefficient (Wildman–Crippen LogP) is 6.74. The number of carbonyl (C=O) groups excluding carboxylic acids is 1. The molecule has 0 spiro atoms. The summed E-state index contributed by atoms with van der Waals surface area (Å²) < 4.78 is 35.8. The predicted molar refractivity (Wildman–Crippen MR) is 149 cm³/mol. The Labute approximate surface area is 229 Å². The lowest BCUT2D eigenvalue weighted by Crippen LogP contribution is -2.37. The van der Waals surface area contributed by atoms with E-state index < -0.39 is 10.0 Å². The lowest BCUT2D eigenvalue weighted by Gasteiger charge is -2.32. The first-order chi connectivity index (χ1) is 17.2. The first kappa shape index (κ1) is 26.7. The number of carbonyl (C=O) groups is 1. The molecule has 0 radical (unpaired) electrons. The molecule has 6 nitrogen and oxygen atoms in total. The minimum atomic E-state index is -3.88. The maximum absolute atomic E-state index is 13.1. The number of hydrogen-bond donors (Lipinski definition) is 1. The number of sulfonamides is 1. The number of ether oxygens (including phenoxy) is 1. The Morgan fingerprint density at radius 2 is 1.72 bits per heavy atom. The Kier molecular flexibility index (Phi) is 8.42. The smallest absolute Gasteiger partial charge is 0.265 e. The van der Waals surface area contributed by atoms with Gasteiger partial charge in [-0.15, -0.1) is 0 Å². The van der Waals surface area contributed by atoms with Crippen molar-refractivity contribution in [2.24, 2.45) is 0 Å². The highest BCUT2D eigenvalue weighted by Crippen LogP contribution is 2.32. The van der Waals surface area contributed by atoms with Crippen LogP contribution in [-0.4, -0.2) is 38.9 Å². The number of nitrogens with zero attached hydrogens (tertiary/aromatic N) is 1. The van der Waals surface area contributed by atoms with E-state index in [1.807, 2.05) is 4.90 Å². The van der Waals surface area contributed by atoms with Crippen LogP contribution in [0.5, 0.6) is 5.75 Å². The molecule has 1 aliphatic rings. The molecule has 0 saturated carbocycles. The fraction of sp³-hybridized carbons (Fsp3) is 0.296. The number of likely N-dealkylation sites (tertiary alicyclic amines) is 1. The highest BCUT2D eigenvalue weighted by Gasteiger charge is 2.25. The van der Waals surface area contributed by atoms with Gasteiger partial charge in [0.15, 0.2) is 0 Å². The first-order valence-corrected chi connectivity index (χ1v) is 14.9. The van der Waals surface area contributed by atoms with Gasteiger partial charge in [0.1, 0.15) is 10.6 Å². The van der Waals surface area contributed by atoms with E-state index in [2.05, 4.69) is 61.7 Å². The number of piperidine rings is 1. The van der Waals surface area contributed by atoms with Gasteiger partial charge < -0.3 is 9.64 Å². The molecule has 1 aliphatic heterocycles. The molecule has 4 rings (SSSR count). The van der Waals surface area contributed by atoms with Crippen LogP contribution in [0.2, 0.25) is 0 Å². The number of amides is 1. The Balaban J connectivity index is 1.41. The molecule has 3 aromatic carbocycles. The molecule has 3 aromatic rings. The fourth-order valence-electron chi connectivity index (χ4n) is 4.38. The topological polar surface area (TPSA) is 75.7 Å². The minimum absolute atomic E-state index is 0.0412. The Morgan fingerprint density at radius 1 is 1.03 bits per heavy atom. The number of nitrogens with one attached hydrogen (secondary N) is 1. The molecule has 1 amide bonds. The van der Waals surface area contributed by atoms with E-state index >= 15 is 0 Å². The SMILES string of the molecule is CCOc1ccc(Br)cc1S(=O)(=O)Nc1ccc(C(=O)N2CCC(c3ccc(Br)c(C)c3)CC2)cc1. The quantitative estimate of drug-likeness (QED) is 0.312. The molecule has 1 N–H and O–H groups in total. The molecule has 1 heterocycles. The van der Waals surface area contributed by atoms with Gasteiger partial charge in [-0.2, -0.15) is 0 Å². The number of hydrogen-bond acceptors (Lipinski definition) is 4. The van der Waals surface area contributed by atoms with Crippen molar-refractivity contribution in [1.29, 1.82) is 0 Å². The van der Waals surface area contributed by atoms with Crippen molar-refractivity contribution in [3.63, 3.8) is 0 Å². The number of anilines is 1. The van der Waals surface area contributed by atoms with Crippen LogP contribution < -0.4 is 9.46 Å². The van der Waals surface area contributed by atoms with Crippen LogP contribution >= 0.6 is 31.9 Å². The summed E-state index contributed by atoms with van der Waals surface area (Å²) in [4.78, 5) is 15.0. The van der Waals surface area contributed by atoms with E-state index in [4.69, 9.17) is 4.74 Å². The molecule has 1 fully saturated rings. The highest BCUT2D eigenvalue weighted by molar-refractivity contribution is 9.10. The van der Waals surface area contributed by atoms with E-state index in [-0.39, 0.29) is 16.6 Å². The van der Waals surface area contributed by atoms with Crippen molar-refractivity contribution >= 4 is 53.5 Å². The number of benzene rings is 3. The third-order valence-corrected chi connectivity index (χ3v) is 9.10. The second-order valence-corrected chi connectivity index (χ2v) is 12.2. The maximum atomic E-state index is 13.1. The molecule has 0 aliphatic carbocycles. The normalized spacial score (nSPS) is 14.5. The molecule has 9 heteroatoms. The lowest BCUT2D eigenvalue weighted by molar-refractivity contribution is 0.0713. The standard InChI is InChI=1S/C27H28Br2N2O4S/c1-3-35-25-11-7-22(28)17-26(25)36(33,34)30-23-8-4-20(5-9-23)27(32)31-14-12-19(13-15-31)21-6-10-24(29)18(2)16-21/h4-11,16-17,19,30H,3,12-15H2,1-2H3. The molecule has 0 aromatic heterocycles. The summed E-state index contributed by atoms with van der Waals surface area (Å²) in [6, 6.07) is 17.9. The van der Waals surface area contributed by atoms with E-state index in [9.17, 15) is 13.2 Å². The molecule has 36 heavy (non-hydrogen) atoms. The van der Waals surface area contributed by atoms with Crippen LogP contribution in [0.1, 0.15) is 47.2 Å². The van der Waals surface area contributed by atoms with Crippen LogP contribution in [0.4, 0.5) is 5.69 Å². The second-order valence-electron chi connectivity index (χ2n) is 8.78. The van der Waals surface area contributed by atoms with Gasteiger partial charge in [0.05, 0.1) is 6.61 Å². The van der Waals surface area contributed by atoms with Crippen LogP contribution in [0, 0.1) is 6.92 Å². The van der Waals surface area contributed by atoms with Gasteiger partial charge in [-0.05, 0) is 92.3 Å². The van der Waals surface area contributed by atoms with Crippen molar-refractivity contribution in [3.05, 3.63) is 86.3 Å². The Hall–Kier alpha value is -2.36. The third-order valence-electron chi connectivity index (χ3n) is 6.31. The Morgan fingerprint density at radius 3 is 2.36 bits per heavy atom. The van der Waals surface area contributed by atoms with Crippen molar-refractivity contribution in [2.45, 2.75) is 37.5 Å². The summed E-state index contributed by atoms with van der Waals surface area (Å²) >= 11 is 6.87. The average molecular weight is 636 g/mol. The zero-order valence-corrected chi connectivity index (χ0v) is 24.1. The lowest BCUT2D eigenvalue weighted by atomic mass is 9.88. The van der Waals surface area contributed by atoms with Gasteiger partial charge >= 0.3 is 0 Å². The number of halogens is 2. The number of aryl methyl sites for hydroxylation is 1. The minimum Gasteiger partial charge on any atom is -0.492 e. The van der Waals surface area contributed by atoms with Gasteiger partial charge in [0.2, 0.25) is 0 Å². The van der Waals surface area contributed by atoms with E-state index in [0.29, 0.717) is 41.3 Å². The zero-order chi connectivity index (χ0) is 25.9. The van der Waals surface area contributed by atoms with Crippen molar-refractivity contribution < 1.29 is 17.9 Å². The van der Waals surface area contributed by atoms with Gasteiger partial charge in [-0.3, -0.25) is 9.52 Å². The summed E-state index contributed by atoms with van der Waals surface area (Å²) in [5.41, 5.74) is 3.44. The molecular formula is C27H28Br2N2O4S. The van der Waals surface area contributed by atoms with Crippen molar-refractivity contribution in [3.8, 4) is 5.75 Å². The summed E-state index contributed by atoms with van der Waals surface area (Å²) in [5.74, 6) is 0.680. The Bertz CT molecular complexity index is 1350. The largest absolute Gasteiger partial charge is 0.492 e. The van der Waals surface area contributed by atoms with Gasteiger partial charge in [0.25, 0.3) is 15.9 Å². The average Bonchev–Trinajstić information content (AvgIpc) is 2.87.